The average Bonchev–Trinajstić information content (AvgIpc) is 2.52. The van der Waals surface area contributed by atoms with Gasteiger partial charge in [0.25, 0.3) is 5.91 Å². The number of imide groups is 1. The van der Waals surface area contributed by atoms with Gasteiger partial charge in [0.2, 0.25) is 0 Å². The van der Waals surface area contributed by atoms with Gasteiger partial charge in [0.15, 0.2) is 6.61 Å². The molecule has 0 bridgehead atoms. The molecule has 2 aromatic carbocycles. The lowest BCUT2D eigenvalue weighted by molar-refractivity contribution is -0.123. The molecule has 0 saturated heterocycles. The van der Waals surface area contributed by atoms with Crippen molar-refractivity contribution in [3.63, 3.8) is 0 Å². The molecule has 2 aromatic rings. The first-order chi connectivity index (χ1) is 11.4. The van der Waals surface area contributed by atoms with E-state index >= 15 is 0 Å². The third-order valence-electron chi connectivity index (χ3n) is 2.72. The van der Waals surface area contributed by atoms with E-state index in [1.807, 2.05) is 5.32 Å². The van der Waals surface area contributed by atoms with Crippen LogP contribution in [0.5, 0.6) is 0 Å². The van der Waals surface area contributed by atoms with Crippen molar-refractivity contribution in [1.82, 2.24) is 5.32 Å². The van der Waals surface area contributed by atoms with E-state index in [0.29, 0.717) is 11.8 Å². The first kappa shape index (κ1) is 17.1. The van der Waals surface area contributed by atoms with E-state index in [2.05, 4.69) is 10.1 Å². The summed E-state index contributed by atoms with van der Waals surface area (Å²) >= 11 is 0. The summed E-state index contributed by atoms with van der Waals surface area (Å²) < 4.78 is 30.6. The second-order valence-electron chi connectivity index (χ2n) is 4.60. The Morgan fingerprint density at radius 2 is 1.58 bits per heavy atom. The summed E-state index contributed by atoms with van der Waals surface area (Å²) in [7, 11) is 0. The van der Waals surface area contributed by atoms with Crippen LogP contribution < -0.4 is 10.6 Å². The average molecular weight is 334 g/mol. The number of amides is 3. The maximum absolute atomic E-state index is 13.0. The molecule has 0 aromatic heterocycles. The van der Waals surface area contributed by atoms with Gasteiger partial charge in [0.05, 0.1) is 5.56 Å². The Kier molecular flexibility index (Phi) is 5.56. The second kappa shape index (κ2) is 7.82. The number of carbonyl (C=O) groups is 3. The molecule has 0 unspecified atom stereocenters. The zero-order valence-electron chi connectivity index (χ0n) is 12.2. The molecule has 0 fully saturated rings. The number of carbonyl (C=O) groups excluding carboxylic acids is 3. The van der Waals surface area contributed by atoms with Gasteiger partial charge in [-0.3, -0.25) is 10.1 Å². The molecule has 0 spiro atoms. The maximum atomic E-state index is 13.0. The molecule has 124 valence electrons. The Labute approximate surface area is 135 Å². The predicted octanol–water partition coefficient (Wildman–Crippen LogP) is 2.47. The van der Waals surface area contributed by atoms with Crippen molar-refractivity contribution in [1.29, 1.82) is 0 Å². The summed E-state index contributed by atoms with van der Waals surface area (Å²) in [6.45, 7) is -0.779. The smallest absolute Gasteiger partial charge is 0.338 e. The highest BCUT2D eigenvalue weighted by Gasteiger charge is 2.14. The Balaban J connectivity index is 1.82. The van der Waals surface area contributed by atoms with Crippen LogP contribution in [0.2, 0.25) is 0 Å². The van der Waals surface area contributed by atoms with Crippen LogP contribution in [-0.2, 0) is 9.53 Å². The number of hydrogen-bond donors (Lipinski definition) is 2. The Morgan fingerprint density at radius 1 is 0.958 bits per heavy atom. The number of hydrogen-bond acceptors (Lipinski definition) is 4. The van der Waals surface area contributed by atoms with Crippen molar-refractivity contribution >= 4 is 23.6 Å². The molecule has 0 heterocycles. The second-order valence-corrected chi connectivity index (χ2v) is 4.60. The van der Waals surface area contributed by atoms with Crippen LogP contribution in [0.25, 0.3) is 0 Å². The highest BCUT2D eigenvalue weighted by molar-refractivity contribution is 6.02. The van der Waals surface area contributed by atoms with Crippen LogP contribution >= 0.6 is 0 Å². The highest BCUT2D eigenvalue weighted by Crippen LogP contribution is 2.09. The third kappa shape index (κ3) is 5.16. The number of ether oxygens (including phenoxy) is 1. The summed E-state index contributed by atoms with van der Waals surface area (Å²) in [5, 5.41) is 4.34. The lowest BCUT2D eigenvalue weighted by Crippen LogP contribution is -2.37. The lowest BCUT2D eigenvalue weighted by Gasteiger charge is -2.07. The van der Waals surface area contributed by atoms with E-state index in [1.54, 1.807) is 30.3 Å². The van der Waals surface area contributed by atoms with Crippen molar-refractivity contribution in [2.45, 2.75) is 0 Å². The summed E-state index contributed by atoms with van der Waals surface area (Å²) in [6.07, 6.45) is 0. The number of esters is 1. The SMILES string of the molecule is O=C(COC(=O)c1cc(F)cc(F)c1)NC(=O)Nc1ccccc1. The van der Waals surface area contributed by atoms with Crippen LogP contribution in [0.4, 0.5) is 19.3 Å². The van der Waals surface area contributed by atoms with E-state index in [0.717, 1.165) is 12.1 Å². The zero-order chi connectivity index (χ0) is 17.5. The zero-order valence-corrected chi connectivity index (χ0v) is 12.2. The van der Waals surface area contributed by atoms with E-state index in [-0.39, 0.29) is 5.56 Å². The van der Waals surface area contributed by atoms with Crippen LogP contribution in [0, 0.1) is 11.6 Å². The highest BCUT2D eigenvalue weighted by atomic mass is 19.1. The Bertz CT molecular complexity index is 746. The molecule has 0 aliphatic heterocycles. The molecule has 24 heavy (non-hydrogen) atoms. The number of nitrogens with one attached hydrogen (secondary N) is 2. The van der Waals surface area contributed by atoms with Gasteiger partial charge in [-0.1, -0.05) is 18.2 Å². The fourth-order valence-electron chi connectivity index (χ4n) is 1.73. The molecule has 0 aliphatic carbocycles. The van der Waals surface area contributed by atoms with Gasteiger partial charge in [0, 0.05) is 11.8 Å². The van der Waals surface area contributed by atoms with Crippen LogP contribution in [0.15, 0.2) is 48.5 Å². The molecule has 2 N–H and O–H groups in total. The first-order valence-electron chi connectivity index (χ1n) is 6.73. The van der Waals surface area contributed by atoms with Crippen molar-refractivity contribution in [3.05, 3.63) is 65.7 Å². The quantitative estimate of drug-likeness (QED) is 0.841. The summed E-state index contributed by atoms with van der Waals surface area (Å²) in [5.41, 5.74) is 0.0871. The predicted molar refractivity (Wildman–Crippen MR) is 80.2 cm³/mol. The fourth-order valence-corrected chi connectivity index (χ4v) is 1.73. The molecule has 2 rings (SSSR count). The van der Waals surface area contributed by atoms with Gasteiger partial charge in [-0.05, 0) is 24.3 Å². The lowest BCUT2D eigenvalue weighted by atomic mass is 10.2. The van der Waals surface area contributed by atoms with Gasteiger partial charge in [-0.2, -0.15) is 0 Å². The van der Waals surface area contributed by atoms with Crippen molar-refractivity contribution in [2.75, 3.05) is 11.9 Å². The number of para-hydroxylation sites is 1. The Morgan fingerprint density at radius 3 is 2.21 bits per heavy atom. The third-order valence-corrected chi connectivity index (χ3v) is 2.72. The van der Waals surface area contributed by atoms with E-state index in [4.69, 9.17) is 0 Å². The molecule has 0 saturated carbocycles. The van der Waals surface area contributed by atoms with Crippen molar-refractivity contribution in [3.8, 4) is 0 Å². The Hall–Kier alpha value is -3.29. The number of anilines is 1. The molecule has 0 atom stereocenters. The molecule has 6 nitrogen and oxygen atoms in total. The van der Waals surface area contributed by atoms with Gasteiger partial charge < -0.3 is 10.1 Å². The van der Waals surface area contributed by atoms with E-state index in [9.17, 15) is 23.2 Å². The summed E-state index contributed by atoms with van der Waals surface area (Å²) in [5.74, 6) is -3.89. The normalized spacial score (nSPS) is 9.92. The number of rotatable bonds is 4. The largest absolute Gasteiger partial charge is 0.452 e. The minimum atomic E-state index is -1.09. The van der Waals surface area contributed by atoms with Crippen molar-refractivity contribution < 1.29 is 27.9 Å². The molecule has 0 radical (unpaired) electrons. The molecule has 8 heteroatoms. The summed E-state index contributed by atoms with van der Waals surface area (Å²) in [4.78, 5) is 34.7. The van der Waals surface area contributed by atoms with Gasteiger partial charge >= 0.3 is 12.0 Å². The van der Waals surface area contributed by atoms with Crippen LogP contribution in [0.1, 0.15) is 10.4 Å². The van der Waals surface area contributed by atoms with Crippen LogP contribution in [0.3, 0.4) is 0 Å². The van der Waals surface area contributed by atoms with E-state index < -0.39 is 36.1 Å². The number of benzene rings is 2. The van der Waals surface area contributed by atoms with Gasteiger partial charge in [-0.15, -0.1) is 0 Å². The monoisotopic (exact) mass is 334 g/mol. The minimum absolute atomic E-state index is 0.381. The van der Waals surface area contributed by atoms with E-state index in [1.165, 1.54) is 0 Å². The van der Waals surface area contributed by atoms with Gasteiger partial charge in [0.1, 0.15) is 11.6 Å². The van der Waals surface area contributed by atoms with Crippen LogP contribution in [-0.4, -0.2) is 24.5 Å². The van der Waals surface area contributed by atoms with Crippen molar-refractivity contribution in [2.24, 2.45) is 0 Å². The number of urea groups is 1. The fraction of sp³-hybridized carbons (Fsp3) is 0.0625. The topological polar surface area (TPSA) is 84.5 Å². The first-order valence-corrected chi connectivity index (χ1v) is 6.73. The number of halogens is 2. The molecule has 0 aliphatic rings. The molecule has 3 amide bonds. The minimum Gasteiger partial charge on any atom is -0.452 e. The molecular weight excluding hydrogens is 322 g/mol. The maximum Gasteiger partial charge on any atom is 0.338 e. The summed E-state index contributed by atoms with van der Waals surface area (Å²) in [6, 6.07) is 9.69. The standard InChI is InChI=1S/C16H12F2N2O4/c17-11-6-10(7-12(18)8-11)15(22)24-9-14(21)20-16(23)19-13-4-2-1-3-5-13/h1-8H,9H2,(H2,19,20,21,23). The molecular formula is C16H12F2N2O4. The van der Waals surface area contributed by atoms with Gasteiger partial charge in [-0.25, -0.2) is 18.4 Å².